The lowest BCUT2D eigenvalue weighted by molar-refractivity contribution is 0.414. The molecule has 2 aromatic rings. The van der Waals surface area contributed by atoms with Gasteiger partial charge in [0, 0.05) is 17.4 Å². The zero-order chi connectivity index (χ0) is 12.4. The minimum atomic E-state index is -0.257. The Bertz CT molecular complexity index is 585. The van der Waals surface area contributed by atoms with Gasteiger partial charge in [-0.15, -0.1) is 0 Å². The van der Waals surface area contributed by atoms with E-state index in [0.717, 1.165) is 11.4 Å². The Morgan fingerprint density at radius 3 is 2.35 bits per heavy atom. The second kappa shape index (κ2) is 4.33. The second-order valence-electron chi connectivity index (χ2n) is 3.73. The van der Waals surface area contributed by atoms with Gasteiger partial charge in [-0.2, -0.15) is 0 Å². The average Bonchev–Trinajstić information content (AvgIpc) is 2.28. The van der Waals surface area contributed by atoms with Gasteiger partial charge in [-0.05, 0) is 37.3 Å². The zero-order valence-corrected chi connectivity index (χ0v) is 9.68. The van der Waals surface area contributed by atoms with E-state index < -0.39 is 0 Å². The number of benzene rings is 1. The Morgan fingerprint density at radius 2 is 1.82 bits per heavy atom. The number of aryl methyl sites for hydroxylation is 1. The standard InChI is InChI=1S/C13H13NO3/c1-9-7-11(15)8-13(16)14(9)10-3-5-12(17-2)6-4-10/h3-8,15H,1-2H3. The van der Waals surface area contributed by atoms with Crippen molar-refractivity contribution in [3.05, 3.63) is 52.4 Å². The molecular formula is C13H13NO3. The highest BCUT2D eigenvalue weighted by Gasteiger charge is 2.05. The van der Waals surface area contributed by atoms with Crippen molar-refractivity contribution in [3.63, 3.8) is 0 Å². The first kappa shape index (κ1) is 11.3. The molecule has 0 aliphatic carbocycles. The van der Waals surface area contributed by atoms with Crippen LogP contribution in [-0.4, -0.2) is 16.8 Å². The third-order valence-corrected chi connectivity index (χ3v) is 2.53. The molecule has 0 spiro atoms. The van der Waals surface area contributed by atoms with Crippen LogP contribution in [0.15, 0.2) is 41.2 Å². The third kappa shape index (κ3) is 2.15. The van der Waals surface area contributed by atoms with Crippen LogP contribution in [0, 0.1) is 6.92 Å². The van der Waals surface area contributed by atoms with Gasteiger partial charge in [-0.3, -0.25) is 9.36 Å². The summed E-state index contributed by atoms with van der Waals surface area (Å²) in [4.78, 5) is 11.8. The van der Waals surface area contributed by atoms with Gasteiger partial charge in [-0.25, -0.2) is 0 Å². The zero-order valence-electron chi connectivity index (χ0n) is 9.68. The van der Waals surface area contributed by atoms with E-state index in [1.165, 1.54) is 10.6 Å². The van der Waals surface area contributed by atoms with Gasteiger partial charge in [0.15, 0.2) is 0 Å². The van der Waals surface area contributed by atoms with Crippen molar-refractivity contribution in [1.82, 2.24) is 4.57 Å². The van der Waals surface area contributed by atoms with Crippen molar-refractivity contribution in [2.45, 2.75) is 6.92 Å². The van der Waals surface area contributed by atoms with Crippen molar-refractivity contribution in [3.8, 4) is 17.2 Å². The SMILES string of the molecule is COc1ccc(-n2c(C)cc(O)cc2=O)cc1. The maximum absolute atomic E-state index is 11.8. The van der Waals surface area contributed by atoms with E-state index in [-0.39, 0.29) is 11.3 Å². The molecule has 0 amide bonds. The smallest absolute Gasteiger partial charge is 0.258 e. The summed E-state index contributed by atoms with van der Waals surface area (Å²) in [7, 11) is 1.59. The molecule has 4 nitrogen and oxygen atoms in total. The van der Waals surface area contributed by atoms with Gasteiger partial charge in [0.2, 0.25) is 0 Å². The molecule has 1 N–H and O–H groups in total. The fourth-order valence-corrected chi connectivity index (χ4v) is 1.75. The summed E-state index contributed by atoms with van der Waals surface area (Å²) >= 11 is 0. The summed E-state index contributed by atoms with van der Waals surface area (Å²) in [5.41, 5.74) is 1.17. The van der Waals surface area contributed by atoms with Gasteiger partial charge in [0.25, 0.3) is 5.56 Å². The molecule has 88 valence electrons. The molecule has 1 aromatic heterocycles. The Balaban J connectivity index is 2.56. The molecule has 1 aromatic carbocycles. The number of nitrogens with zero attached hydrogens (tertiary/aromatic N) is 1. The Labute approximate surface area is 98.7 Å². The molecule has 0 saturated heterocycles. The summed E-state index contributed by atoms with van der Waals surface area (Å²) in [5.74, 6) is 0.718. The van der Waals surface area contributed by atoms with Crippen LogP contribution in [0.2, 0.25) is 0 Å². The third-order valence-electron chi connectivity index (χ3n) is 2.53. The number of methoxy groups -OCH3 is 1. The van der Waals surface area contributed by atoms with E-state index in [1.54, 1.807) is 44.4 Å². The number of hydrogen-bond acceptors (Lipinski definition) is 3. The minimum absolute atomic E-state index is 0.0164. The van der Waals surface area contributed by atoms with Crippen LogP contribution >= 0.6 is 0 Å². The van der Waals surface area contributed by atoms with E-state index in [9.17, 15) is 9.90 Å². The van der Waals surface area contributed by atoms with Crippen LogP contribution in [0.4, 0.5) is 0 Å². The highest BCUT2D eigenvalue weighted by atomic mass is 16.5. The molecule has 0 fully saturated rings. The van der Waals surface area contributed by atoms with Crippen molar-refractivity contribution in [2.75, 3.05) is 7.11 Å². The summed E-state index contributed by atoms with van der Waals surface area (Å²) in [5, 5.41) is 9.31. The fraction of sp³-hybridized carbons (Fsp3) is 0.154. The molecule has 0 saturated carbocycles. The van der Waals surface area contributed by atoms with Crippen LogP contribution in [0.1, 0.15) is 5.69 Å². The maximum Gasteiger partial charge on any atom is 0.258 e. The lowest BCUT2D eigenvalue weighted by Crippen LogP contribution is -2.18. The average molecular weight is 231 g/mol. The largest absolute Gasteiger partial charge is 0.508 e. The molecule has 1 heterocycles. The molecule has 4 heteroatoms. The molecule has 0 unspecified atom stereocenters. The summed E-state index contributed by atoms with van der Waals surface area (Å²) < 4.78 is 6.58. The van der Waals surface area contributed by atoms with Gasteiger partial charge < -0.3 is 9.84 Å². The Morgan fingerprint density at radius 1 is 1.18 bits per heavy atom. The van der Waals surface area contributed by atoms with Gasteiger partial charge in [-0.1, -0.05) is 0 Å². The van der Waals surface area contributed by atoms with E-state index in [2.05, 4.69) is 0 Å². The Kier molecular flexibility index (Phi) is 2.87. The number of aromatic hydroxyl groups is 1. The summed E-state index contributed by atoms with van der Waals surface area (Å²) in [6.45, 7) is 1.77. The van der Waals surface area contributed by atoms with E-state index in [0.29, 0.717) is 5.69 Å². The number of ether oxygens (including phenoxy) is 1. The molecule has 0 bridgehead atoms. The van der Waals surface area contributed by atoms with Crippen molar-refractivity contribution >= 4 is 0 Å². The maximum atomic E-state index is 11.8. The fourth-order valence-electron chi connectivity index (χ4n) is 1.75. The number of rotatable bonds is 2. The van der Waals surface area contributed by atoms with Crippen LogP contribution in [0.25, 0.3) is 5.69 Å². The molecule has 0 aliphatic rings. The predicted molar refractivity (Wildman–Crippen MR) is 65.0 cm³/mol. The lowest BCUT2D eigenvalue weighted by atomic mass is 10.2. The lowest BCUT2D eigenvalue weighted by Gasteiger charge is -2.10. The minimum Gasteiger partial charge on any atom is -0.508 e. The quantitative estimate of drug-likeness (QED) is 0.858. The normalized spacial score (nSPS) is 10.2. The summed E-state index contributed by atoms with van der Waals surface area (Å²) in [6, 6.07) is 9.90. The van der Waals surface area contributed by atoms with Gasteiger partial charge in [0.1, 0.15) is 11.5 Å². The number of pyridine rings is 1. The molecule has 0 atom stereocenters. The van der Waals surface area contributed by atoms with Gasteiger partial charge >= 0.3 is 0 Å². The predicted octanol–water partition coefficient (Wildman–Crippen LogP) is 1.86. The first-order valence-electron chi connectivity index (χ1n) is 5.19. The number of aromatic nitrogens is 1. The molecule has 0 aliphatic heterocycles. The summed E-state index contributed by atoms with van der Waals surface area (Å²) in [6.07, 6.45) is 0. The molecule has 2 rings (SSSR count). The van der Waals surface area contributed by atoms with Crippen LogP contribution in [-0.2, 0) is 0 Å². The van der Waals surface area contributed by atoms with Crippen LogP contribution in [0.5, 0.6) is 11.5 Å². The highest BCUT2D eigenvalue weighted by molar-refractivity contribution is 5.40. The topological polar surface area (TPSA) is 51.5 Å². The first-order chi connectivity index (χ1) is 8.11. The number of hydrogen-bond donors (Lipinski definition) is 1. The van der Waals surface area contributed by atoms with Crippen LogP contribution < -0.4 is 10.3 Å². The highest BCUT2D eigenvalue weighted by Crippen LogP contribution is 2.16. The molecule has 17 heavy (non-hydrogen) atoms. The Hall–Kier alpha value is -2.23. The van der Waals surface area contributed by atoms with Gasteiger partial charge in [0.05, 0.1) is 7.11 Å². The molecular weight excluding hydrogens is 218 g/mol. The monoisotopic (exact) mass is 231 g/mol. The molecule has 0 radical (unpaired) electrons. The van der Waals surface area contributed by atoms with E-state index in [1.807, 2.05) is 0 Å². The second-order valence-corrected chi connectivity index (χ2v) is 3.73. The van der Waals surface area contributed by atoms with E-state index in [4.69, 9.17) is 4.74 Å². The van der Waals surface area contributed by atoms with Crippen molar-refractivity contribution < 1.29 is 9.84 Å². The van der Waals surface area contributed by atoms with Crippen molar-refractivity contribution in [2.24, 2.45) is 0 Å². The van der Waals surface area contributed by atoms with Crippen LogP contribution in [0.3, 0.4) is 0 Å². The van der Waals surface area contributed by atoms with E-state index >= 15 is 0 Å². The first-order valence-corrected chi connectivity index (χ1v) is 5.19. The van der Waals surface area contributed by atoms with Crippen molar-refractivity contribution in [1.29, 1.82) is 0 Å².